The van der Waals surface area contributed by atoms with E-state index in [4.69, 9.17) is 0 Å². The Morgan fingerprint density at radius 2 is 2.10 bits per heavy atom. The van der Waals surface area contributed by atoms with Gasteiger partial charge >= 0.3 is 0 Å². The number of benzene rings is 1. The molecule has 0 saturated carbocycles. The van der Waals surface area contributed by atoms with Gasteiger partial charge in [-0.15, -0.1) is 10.2 Å². The lowest BCUT2D eigenvalue weighted by Gasteiger charge is -2.07. The molecule has 3 rings (SSSR count). The highest BCUT2D eigenvalue weighted by atomic mass is 32.1. The van der Waals surface area contributed by atoms with Crippen molar-refractivity contribution in [3.05, 3.63) is 40.7 Å². The van der Waals surface area contributed by atoms with Gasteiger partial charge in [0.15, 0.2) is 5.82 Å². The Morgan fingerprint density at radius 3 is 2.90 bits per heavy atom. The molecule has 1 aromatic carbocycles. The molecule has 5 nitrogen and oxygen atoms in total. The molecule has 0 unspecified atom stereocenters. The Bertz CT molecular complexity index is 715. The van der Waals surface area contributed by atoms with Crippen LogP contribution in [-0.2, 0) is 12.8 Å². The number of aryl methyl sites for hydroxylation is 2. The molecule has 0 fully saturated rings. The van der Waals surface area contributed by atoms with Crippen LogP contribution in [0.2, 0.25) is 0 Å². The number of nitrogens with zero attached hydrogens (tertiary/aromatic N) is 4. The Balaban J connectivity index is 1.65. The van der Waals surface area contributed by atoms with Crippen LogP contribution in [0, 0.1) is 6.92 Å². The van der Waals surface area contributed by atoms with Crippen LogP contribution >= 0.6 is 11.3 Å². The van der Waals surface area contributed by atoms with E-state index < -0.39 is 0 Å². The molecule has 3 aromatic rings. The van der Waals surface area contributed by atoms with Crippen molar-refractivity contribution in [2.45, 2.75) is 26.7 Å². The van der Waals surface area contributed by atoms with Crippen molar-refractivity contribution >= 4 is 22.0 Å². The predicted octanol–water partition coefficient (Wildman–Crippen LogP) is 2.71. The summed E-state index contributed by atoms with van der Waals surface area (Å²) in [4.78, 5) is 0.882. The molecular formula is C14H17N5S. The van der Waals surface area contributed by atoms with E-state index in [0.29, 0.717) is 0 Å². The van der Waals surface area contributed by atoms with Crippen LogP contribution in [0.3, 0.4) is 0 Å². The maximum Gasteiger partial charge on any atom is 0.234 e. The number of hydrogen-bond acceptors (Lipinski definition) is 5. The van der Waals surface area contributed by atoms with Crippen LogP contribution in [0.4, 0.5) is 5.69 Å². The van der Waals surface area contributed by atoms with E-state index in [2.05, 4.69) is 52.7 Å². The fraction of sp³-hybridized carbons (Fsp3) is 0.357. The van der Waals surface area contributed by atoms with Crippen molar-refractivity contribution in [1.29, 1.82) is 0 Å². The highest BCUT2D eigenvalue weighted by Crippen LogP contribution is 2.16. The molecule has 2 heterocycles. The minimum absolute atomic E-state index is 0.853. The molecule has 0 bridgehead atoms. The molecule has 0 atom stereocenters. The summed E-state index contributed by atoms with van der Waals surface area (Å²) in [5, 5.41) is 17.3. The van der Waals surface area contributed by atoms with Crippen molar-refractivity contribution < 1.29 is 0 Å². The van der Waals surface area contributed by atoms with Crippen LogP contribution in [0.1, 0.15) is 23.3 Å². The monoisotopic (exact) mass is 287 g/mol. The molecule has 2 aromatic heterocycles. The Morgan fingerprint density at radius 1 is 1.25 bits per heavy atom. The highest BCUT2D eigenvalue weighted by Gasteiger charge is 2.09. The molecule has 0 amide bonds. The number of anilines is 1. The second kappa shape index (κ2) is 5.58. The SMILES string of the molecule is CCc1nnc2sc(CCNc3ccccc3C)nn12. The Labute approximate surface area is 121 Å². The minimum Gasteiger partial charge on any atom is -0.384 e. The summed E-state index contributed by atoms with van der Waals surface area (Å²) in [5.74, 6) is 0.925. The zero-order valence-corrected chi connectivity index (χ0v) is 12.4. The van der Waals surface area contributed by atoms with E-state index in [1.807, 2.05) is 10.6 Å². The van der Waals surface area contributed by atoms with Crippen molar-refractivity contribution in [1.82, 2.24) is 19.8 Å². The van der Waals surface area contributed by atoms with E-state index in [1.54, 1.807) is 11.3 Å². The normalized spacial score (nSPS) is 11.1. The van der Waals surface area contributed by atoms with E-state index in [1.165, 1.54) is 11.3 Å². The molecule has 0 aliphatic rings. The zero-order valence-electron chi connectivity index (χ0n) is 11.6. The van der Waals surface area contributed by atoms with E-state index in [9.17, 15) is 0 Å². The third kappa shape index (κ3) is 2.51. The van der Waals surface area contributed by atoms with Crippen LogP contribution in [0.25, 0.3) is 4.96 Å². The van der Waals surface area contributed by atoms with Gasteiger partial charge in [0.1, 0.15) is 5.01 Å². The third-order valence-electron chi connectivity index (χ3n) is 3.21. The first kappa shape index (κ1) is 13.1. The summed E-state index contributed by atoms with van der Waals surface area (Å²) >= 11 is 1.61. The first-order valence-electron chi connectivity index (χ1n) is 6.77. The lowest BCUT2D eigenvalue weighted by atomic mass is 10.2. The number of nitrogens with one attached hydrogen (secondary N) is 1. The molecule has 20 heavy (non-hydrogen) atoms. The fourth-order valence-corrected chi connectivity index (χ4v) is 2.95. The van der Waals surface area contributed by atoms with Crippen LogP contribution in [0.15, 0.2) is 24.3 Å². The minimum atomic E-state index is 0.853. The number of aromatic nitrogens is 4. The number of rotatable bonds is 5. The van der Waals surface area contributed by atoms with Crippen molar-refractivity contribution in [3.63, 3.8) is 0 Å². The molecule has 0 radical (unpaired) electrons. The molecule has 1 N–H and O–H groups in total. The van der Waals surface area contributed by atoms with Gasteiger partial charge in [-0.25, -0.2) is 0 Å². The van der Waals surface area contributed by atoms with Gasteiger partial charge in [-0.2, -0.15) is 9.61 Å². The van der Waals surface area contributed by atoms with Crippen LogP contribution < -0.4 is 5.32 Å². The van der Waals surface area contributed by atoms with E-state index in [0.717, 1.165) is 35.2 Å². The van der Waals surface area contributed by atoms with Gasteiger partial charge in [0.2, 0.25) is 4.96 Å². The summed E-state index contributed by atoms with van der Waals surface area (Å²) in [5.41, 5.74) is 2.45. The smallest absolute Gasteiger partial charge is 0.234 e. The quantitative estimate of drug-likeness (QED) is 0.784. The first-order valence-corrected chi connectivity index (χ1v) is 7.59. The van der Waals surface area contributed by atoms with Crippen LogP contribution in [-0.4, -0.2) is 26.4 Å². The number of fused-ring (bicyclic) bond motifs is 1. The molecule has 6 heteroatoms. The maximum atomic E-state index is 4.57. The van der Waals surface area contributed by atoms with Gasteiger partial charge in [-0.3, -0.25) is 0 Å². The average Bonchev–Trinajstić information content (AvgIpc) is 3.00. The molecule has 0 aliphatic heterocycles. The Kier molecular flexibility index (Phi) is 3.64. The summed E-state index contributed by atoms with van der Waals surface area (Å²) < 4.78 is 1.85. The molecule has 0 aliphatic carbocycles. The average molecular weight is 287 g/mol. The van der Waals surface area contributed by atoms with Gasteiger partial charge in [-0.05, 0) is 18.6 Å². The Hall–Kier alpha value is -1.95. The first-order chi connectivity index (χ1) is 9.78. The molecular weight excluding hydrogens is 270 g/mol. The zero-order chi connectivity index (χ0) is 13.9. The van der Waals surface area contributed by atoms with Crippen molar-refractivity contribution in [2.24, 2.45) is 0 Å². The largest absolute Gasteiger partial charge is 0.384 e. The number of para-hydroxylation sites is 1. The second-order valence-electron chi connectivity index (χ2n) is 4.65. The number of hydrogen-bond donors (Lipinski definition) is 1. The predicted molar refractivity (Wildman–Crippen MR) is 81.4 cm³/mol. The summed E-state index contributed by atoms with van der Waals surface area (Å²) in [6, 6.07) is 8.31. The topological polar surface area (TPSA) is 55.1 Å². The van der Waals surface area contributed by atoms with Gasteiger partial charge in [0.25, 0.3) is 0 Å². The highest BCUT2D eigenvalue weighted by molar-refractivity contribution is 7.16. The van der Waals surface area contributed by atoms with Gasteiger partial charge < -0.3 is 5.32 Å². The van der Waals surface area contributed by atoms with Crippen molar-refractivity contribution in [3.8, 4) is 0 Å². The third-order valence-corrected chi connectivity index (χ3v) is 4.17. The summed E-state index contributed by atoms with van der Waals surface area (Å²) in [7, 11) is 0. The lowest BCUT2D eigenvalue weighted by Crippen LogP contribution is -2.06. The van der Waals surface area contributed by atoms with Crippen molar-refractivity contribution in [2.75, 3.05) is 11.9 Å². The summed E-state index contributed by atoms with van der Waals surface area (Å²) in [6.07, 6.45) is 1.75. The van der Waals surface area contributed by atoms with Gasteiger partial charge in [0.05, 0.1) is 0 Å². The van der Waals surface area contributed by atoms with E-state index >= 15 is 0 Å². The second-order valence-corrected chi connectivity index (χ2v) is 5.69. The fourth-order valence-electron chi connectivity index (χ4n) is 2.09. The van der Waals surface area contributed by atoms with E-state index in [-0.39, 0.29) is 0 Å². The van der Waals surface area contributed by atoms with Crippen LogP contribution in [0.5, 0.6) is 0 Å². The standard InChI is InChI=1S/C14H17N5S/c1-3-12-16-17-14-19(12)18-13(20-14)8-9-15-11-7-5-4-6-10(11)2/h4-7,15H,3,8-9H2,1-2H3. The molecule has 0 spiro atoms. The van der Waals surface area contributed by atoms with Gasteiger partial charge in [-0.1, -0.05) is 36.5 Å². The summed E-state index contributed by atoms with van der Waals surface area (Å²) in [6.45, 7) is 5.05. The molecule has 0 saturated heterocycles. The lowest BCUT2D eigenvalue weighted by molar-refractivity contribution is 0.808. The molecule has 104 valence electrons. The van der Waals surface area contributed by atoms with Gasteiger partial charge in [0, 0.05) is 25.1 Å². The maximum absolute atomic E-state index is 4.57.